The van der Waals surface area contributed by atoms with Crippen LogP contribution in [0.25, 0.3) is 0 Å². The molecule has 2 aromatic carbocycles. The lowest BCUT2D eigenvalue weighted by Crippen LogP contribution is -2.34. The molecular formula is C21H25N3O3. The van der Waals surface area contributed by atoms with Gasteiger partial charge in [-0.3, -0.25) is 14.4 Å². The van der Waals surface area contributed by atoms with Crippen LogP contribution in [-0.4, -0.2) is 36.2 Å². The summed E-state index contributed by atoms with van der Waals surface area (Å²) in [7, 11) is 1.76. The smallest absolute Gasteiger partial charge is 0.224 e. The van der Waals surface area contributed by atoms with Crippen molar-refractivity contribution in [2.24, 2.45) is 0 Å². The quantitative estimate of drug-likeness (QED) is 0.818. The molecule has 0 spiro atoms. The third-order valence-corrected chi connectivity index (χ3v) is 4.12. The Hall–Kier alpha value is -3.15. The molecule has 3 amide bonds. The van der Waals surface area contributed by atoms with Crippen LogP contribution in [0.2, 0.25) is 0 Å². The lowest BCUT2D eigenvalue weighted by molar-refractivity contribution is -0.130. The number of amides is 3. The zero-order valence-corrected chi connectivity index (χ0v) is 15.9. The Bertz CT molecular complexity index is 788. The van der Waals surface area contributed by atoms with Crippen molar-refractivity contribution in [3.05, 3.63) is 60.2 Å². The highest BCUT2D eigenvalue weighted by Crippen LogP contribution is 2.19. The van der Waals surface area contributed by atoms with Gasteiger partial charge in [0, 0.05) is 51.8 Å². The van der Waals surface area contributed by atoms with Crippen molar-refractivity contribution >= 4 is 29.1 Å². The van der Waals surface area contributed by atoms with Crippen LogP contribution in [0.1, 0.15) is 25.8 Å². The van der Waals surface area contributed by atoms with E-state index in [4.69, 9.17) is 0 Å². The van der Waals surface area contributed by atoms with Gasteiger partial charge >= 0.3 is 0 Å². The van der Waals surface area contributed by atoms with E-state index in [1.54, 1.807) is 41.1 Å². The van der Waals surface area contributed by atoms with Gasteiger partial charge < -0.3 is 15.1 Å². The Morgan fingerprint density at radius 3 is 2.11 bits per heavy atom. The predicted molar refractivity (Wildman–Crippen MR) is 106 cm³/mol. The molecule has 0 heterocycles. The molecule has 1 N–H and O–H groups in total. The first-order chi connectivity index (χ1) is 12.9. The molecule has 0 aliphatic rings. The minimum atomic E-state index is -0.154. The average Bonchev–Trinajstić information content (AvgIpc) is 2.63. The van der Waals surface area contributed by atoms with Crippen molar-refractivity contribution in [2.45, 2.75) is 26.8 Å². The molecule has 0 unspecified atom stereocenters. The first-order valence-electron chi connectivity index (χ1n) is 8.80. The van der Waals surface area contributed by atoms with E-state index in [1.807, 2.05) is 30.3 Å². The molecule has 0 radical (unpaired) electrons. The van der Waals surface area contributed by atoms with Gasteiger partial charge in [-0.2, -0.15) is 0 Å². The molecule has 0 aliphatic carbocycles. The Morgan fingerprint density at radius 1 is 0.926 bits per heavy atom. The number of anilines is 2. The highest BCUT2D eigenvalue weighted by atomic mass is 16.2. The van der Waals surface area contributed by atoms with Gasteiger partial charge in [0.15, 0.2) is 0 Å². The van der Waals surface area contributed by atoms with Crippen molar-refractivity contribution in [2.75, 3.05) is 23.8 Å². The van der Waals surface area contributed by atoms with Gasteiger partial charge in [-0.1, -0.05) is 30.3 Å². The minimum Gasteiger partial charge on any atom is -0.341 e. The summed E-state index contributed by atoms with van der Waals surface area (Å²) in [5.74, 6) is -0.320. The van der Waals surface area contributed by atoms with Crippen LogP contribution < -0.4 is 10.2 Å². The molecule has 0 bridgehead atoms. The number of hydrogen-bond donors (Lipinski definition) is 1. The Kier molecular flexibility index (Phi) is 7.11. The second-order valence-electron chi connectivity index (χ2n) is 6.38. The second-order valence-corrected chi connectivity index (χ2v) is 6.38. The molecular weight excluding hydrogens is 342 g/mol. The fourth-order valence-corrected chi connectivity index (χ4v) is 2.74. The van der Waals surface area contributed by atoms with Crippen LogP contribution in [-0.2, 0) is 20.9 Å². The van der Waals surface area contributed by atoms with E-state index < -0.39 is 0 Å². The number of benzene rings is 2. The number of nitrogens with one attached hydrogen (secondary N) is 1. The molecule has 6 nitrogen and oxygen atoms in total. The van der Waals surface area contributed by atoms with Gasteiger partial charge in [-0.25, -0.2) is 0 Å². The highest BCUT2D eigenvalue weighted by molar-refractivity contribution is 5.93. The van der Waals surface area contributed by atoms with Crippen molar-refractivity contribution in [1.82, 2.24) is 4.90 Å². The molecule has 27 heavy (non-hydrogen) atoms. The summed E-state index contributed by atoms with van der Waals surface area (Å²) in [5, 5.41) is 2.69. The second kappa shape index (κ2) is 9.52. The summed E-state index contributed by atoms with van der Waals surface area (Å²) in [6.07, 6.45) is 0.233. The normalized spacial score (nSPS) is 10.2. The van der Waals surface area contributed by atoms with Crippen LogP contribution in [0.3, 0.4) is 0 Å². The summed E-state index contributed by atoms with van der Waals surface area (Å²) in [6, 6.07) is 16.7. The topological polar surface area (TPSA) is 69.7 Å². The van der Waals surface area contributed by atoms with Gasteiger partial charge in [0.1, 0.15) is 0 Å². The van der Waals surface area contributed by atoms with Gasteiger partial charge in [-0.15, -0.1) is 0 Å². The summed E-state index contributed by atoms with van der Waals surface area (Å²) in [4.78, 5) is 38.7. The Balaban J connectivity index is 1.96. The monoisotopic (exact) mass is 367 g/mol. The fraction of sp³-hybridized carbons (Fsp3) is 0.286. The lowest BCUT2D eigenvalue weighted by atomic mass is 10.2. The average molecular weight is 367 g/mol. The zero-order chi connectivity index (χ0) is 19.8. The van der Waals surface area contributed by atoms with Crippen molar-refractivity contribution < 1.29 is 14.4 Å². The first kappa shape index (κ1) is 20.2. The number of carbonyl (C=O) groups excluding carboxylic acids is 3. The number of carbonyl (C=O) groups is 3. The van der Waals surface area contributed by atoms with Crippen LogP contribution in [0.4, 0.5) is 11.4 Å². The maximum atomic E-state index is 12.4. The van der Waals surface area contributed by atoms with E-state index in [0.29, 0.717) is 24.5 Å². The van der Waals surface area contributed by atoms with Gasteiger partial charge in [0.25, 0.3) is 0 Å². The van der Waals surface area contributed by atoms with E-state index in [0.717, 1.165) is 5.56 Å². The summed E-state index contributed by atoms with van der Waals surface area (Å²) in [5.41, 5.74) is 2.41. The predicted octanol–water partition coefficient (Wildman–Crippen LogP) is 3.05. The summed E-state index contributed by atoms with van der Waals surface area (Å²) in [6.45, 7) is 3.74. The standard InChI is InChI=1S/C21H25N3O3/c1-16(25)22-19-9-11-20(12-10-19)24(17(2)26)14-13-21(27)23(3)15-18-7-5-4-6-8-18/h4-12H,13-15H2,1-3H3,(H,22,25). The molecule has 0 fully saturated rings. The van der Waals surface area contributed by atoms with Crippen LogP contribution >= 0.6 is 0 Å². The molecule has 2 aromatic rings. The van der Waals surface area contributed by atoms with Gasteiger partial charge in [-0.05, 0) is 29.8 Å². The highest BCUT2D eigenvalue weighted by Gasteiger charge is 2.16. The van der Waals surface area contributed by atoms with Crippen molar-refractivity contribution in [3.8, 4) is 0 Å². The van der Waals surface area contributed by atoms with Crippen molar-refractivity contribution in [3.63, 3.8) is 0 Å². The molecule has 0 aromatic heterocycles. The molecule has 0 saturated carbocycles. The minimum absolute atomic E-state index is 0.0278. The molecule has 2 rings (SSSR count). The van der Waals surface area contributed by atoms with Crippen molar-refractivity contribution in [1.29, 1.82) is 0 Å². The fourth-order valence-electron chi connectivity index (χ4n) is 2.74. The van der Waals surface area contributed by atoms with Crippen LogP contribution in [0, 0.1) is 0 Å². The van der Waals surface area contributed by atoms with Crippen LogP contribution in [0.15, 0.2) is 54.6 Å². The molecule has 0 atom stereocenters. The largest absolute Gasteiger partial charge is 0.341 e. The first-order valence-corrected chi connectivity index (χ1v) is 8.80. The third-order valence-electron chi connectivity index (χ3n) is 4.12. The zero-order valence-electron chi connectivity index (χ0n) is 15.9. The molecule has 0 saturated heterocycles. The summed E-state index contributed by atoms with van der Waals surface area (Å²) < 4.78 is 0. The van der Waals surface area contributed by atoms with E-state index >= 15 is 0 Å². The van der Waals surface area contributed by atoms with Gasteiger partial charge in [0.05, 0.1) is 0 Å². The maximum Gasteiger partial charge on any atom is 0.224 e. The van der Waals surface area contributed by atoms with E-state index in [2.05, 4.69) is 5.32 Å². The number of rotatable bonds is 7. The molecule has 6 heteroatoms. The molecule has 142 valence electrons. The van der Waals surface area contributed by atoms with E-state index in [-0.39, 0.29) is 24.1 Å². The summed E-state index contributed by atoms with van der Waals surface area (Å²) >= 11 is 0. The van der Waals surface area contributed by atoms with Gasteiger partial charge in [0.2, 0.25) is 17.7 Å². The SMILES string of the molecule is CC(=O)Nc1ccc(N(CCC(=O)N(C)Cc2ccccc2)C(C)=O)cc1. The maximum absolute atomic E-state index is 12.4. The Labute approximate surface area is 159 Å². The molecule has 0 aliphatic heterocycles. The third kappa shape index (κ3) is 6.26. The van der Waals surface area contributed by atoms with Crippen LogP contribution in [0.5, 0.6) is 0 Å². The number of hydrogen-bond acceptors (Lipinski definition) is 3. The lowest BCUT2D eigenvalue weighted by Gasteiger charge is -2.23. The van der Waals surface area contributed by atoms with E-state index in [9.17, 15) is 14.4 Å². The number of nitrogens with zero attached hydrogens (tertiary/aromatic N) is 2. The Morgan fingerprint density at radius 2 is 1.56 bits per heavy atom. The van der Waals surface area contributed by atoms with E-state index in [1.165, 1.54) is 13.8 Å².